The molecule has 0 amide bonds. The van der Waals surface area contributed by atoms with Crippen LogP contribution in [-0.4, -0.2) is 20.5 Å². The second kappa shape index (κ2) is 6.04. The Bertz CT molecular complexity index is 873. The van der Waals surface area contributed by atoms with E-state index in [-0.39, 0.29) is 5.78 Å². The third-order valence-corrected chi connectivity index (χ3v) is 3.68. The molecule has 0 aliphatic rings. The fourth-order valence-electron chi connectivity index (χ4n) is 2.54. The number of ketones is 1. The number of nitrogens with zero attached hydrogens (tertiary/aromatic N) is 3. The van der Waals surface area contributed by atoms with Gasteiger partial charge in [-0.1, -0.05) is 5.16 Å². The summed E-state index contributed by atoms with van der Waals surface area (Å²) in [7, 11) is 0. The second-order valence-corrected chi connectivity index (χ2v) is 5.40. The summed E-state index contributed by atoms with van der Waals surface area (Å²) >= 11 is 0. The molecule has 0 aliphatic heterocycles. The van der Waals surface area contributed by atoms with E-state index in [1.807, 2.05) is 43.5 Å². The number of hydrogen-bond donors (Lipinski definition) is 0. The molecule has 0 radical (unpaired) electrons. The van der Waals surface area contributed by atoms with Crippen LogP contribution in [0.1, 0.15) is 33.1 Å². The highest BCUT2D eigenvalue weighted by atomic mass is 16.5. The highest BCUT2D eigenvalue weighted by molar-refractivity contribution is 6.06. The average molecular weight is 307 g/mol. The van der Waals surface area contributed by atoms with E-state index in [0.717, 1.165) is 28.5 Å². The lowest BCUT2D eigenvalue weighted by Crippen LogP contribution is -1.99. The fraction of sp³-hybridized carbons (Fsp3) is 0.167. The molecule has 0 unspecified atom stereocenters. The van der Waals surface area contributed by atoms with Gasteiger partial charge >= 0.3 is 0 Å². The lowest BCUT2D eigenvalue weighted by molar-refractivity contribution is 0.104. The molecule has 0 aliphatic carbocycles. The highest BCUT2D eigenvalue weighted by Crippen LogP contribution is 2.21. The molecule has 3 rings (SSSR count). The first-order chi connectivity index (χ1) is 11.1. The van der Waals surface area contributed by atoms with Gasteiger partial charge in [-0.15, -0.1) is 0 Å². The number of rotatable bonds is 4. The topological polar surface area (TPSA) is 60.9 Å². The number of aromatic nitrogens is 3. The van der Waals surface area contributed by atoms with Gasteiger partial charge in [-0.05, 0) is 56.7 Å². The molecular weight excluding hydrogens is 290 g/mol. The van der Waals surface area contributed by atoms with Crippen molar-refractivity contribution >= 4 is 11.9 Å². The lowest BCUT2D eigenvalue weighted by atomic mass is 10.1. The summed E-state index contributed by atoms with van der Waals surface area (Å²) in [5.41, 5.74) is 3.58. The first-order valence-corrected chi connectivity index (χ1v) is 7.31. The molecule has 0 atom stereocenters. The fourth-order valence-corrected chi connectivity index (χ4v) is 2.54. The molecular formula is C18H17N3O2. The van der Waals surface area contributed by atoms with E-state index in [1.165, 1.54) is 0 Å². The second-order valence-electron chi connectivity index (χ2n) is 5.40. The van der Waals surface area contributed by atoms with Crippen LogP contribution in [0.2, 0.25) is 0 Å². The van der Waals surface area contributed by atoms with Crippen molar-refractivity contribution in [3.8, 4) is 5.82 Å². The summed E-state index contributed by atoms with van der Waals surface area (Å²) < 4.78 is 7.15. The van der Waals surface area contributed by atoms with Gasteiger partial charge in [0.2, 0.25) is 0 Å². The van der Waals surface area contributed by atoms with Gasteiger partial charge in [0.05, 0.1) is 0 Å². The van der Waals surface area contributed by atoms with E-state index in [2.05, 4.69) is 10.1 Å². The lowest BCUT2D eigenvalue weighted by Gasteiger charge is -2.03. The van der Waals surface area contributed by atoms with Crippen molar-refractivity contribution in [1.82, 2.24) is 14.7 Å². The van der Waals surface area contributed by atoms with Gasteiger partial charge in [0.25, 0.3) is 0 Å². The molecule has 5 heteroatoms. The quantitative estimate of drug-likeness (QED) is 0.545. The predicted molar refractivity (Wildman–Crippen MR) is 87.6 cm³/mol. The van der Waals surface area contributed by atoms with Crippen molar-refractivity contribution in [1.29, 1.82) is 0 Å². The van der Waals surface area contributed by atoms with Crippen LogP contribution in [0.5, 0.6) is 0 Å². The molecule has 3 aromatic rings. The van der Waals surface area contributed by atoms with Crippen molar-refractivity contribution in [3.63, 3.8) is 0 Å². The molecule has 0 saturated heterocycles. The third kappa shape index (κ3) is 2.99. The molecule has 0 aromatic carbocycles. The number of aryl methyl sites for hydroxylation is 2. The van der Waals surface area contributed by atoms with Crippen LogP contribution in [0.25, 0.3) is 11.9 Å². The van der Waals surface area contributed by atoms with E-state index >= 15 is 0 Å². The van der Waals surface area contributed by atoms with Gasteiger partial charge in [0, 0.05) is 35.4 Å². The Labute approximate surface area is 134 Å². The van der Waals surface area contributed by atoms with Crippen molar-refractivity contribution in [2.45, 2.75) is 20.8 Å². The van der Waals surface area contributed by atoms with Crippen LogP contribution in [0.4, 0.5) is 0 Å². The maximum atomic E-state index is 12.1. The molecule has 5 nitrogen and oxygen atoms in total. The zero-order valence-corrected chi connectivity index (χ0v) is 13.3. The van der Waals surface area contributed by atoms with Gasteiger partial charge in [-0.2, -0.15) is 0 Å². The number of carbonyl (C=O) groups excluding carboxylic acids is 1. The zero-order valence-electron chi connectivity index (χ0n) is 13.3. The SMILES string of the molecule is Cc1cc(-n2c(C)cc(/C=C/C(=O)c3cccnc3)c2C)no1. The average Bonchev–Trinajstić information content (AvgIpc) is 3.09. The van der Waals surface area contributed by atoms with Crippen LogP contribution in [0.15, 0.2) is 47.3 Å². The molecule has 23 heavy (non-hydrogen) atoms. The minimum atomic E-state index is -0.0693. The standard InChI is InChI=1S/C18H17N3O2/c1-12-9-15(6-7-17(22)16-5-4-8-19-11-16)14(3)21(12)18-10-13(2)23-20-18/h4-11H,1-3H3/b7-6+. The van der Waals surface area contributed by atoms with Crippen LogP contribution in [0, 0.1) is 20.8 Å². The van der Waals surface area contributed by atoms with Gasteiger partial charge in [0.1, 0.15) is 5.76 Å². The zero-order chi connectivity index (χ0) is 16.4. The Hall–Kier alpha value is -2.95. The van der Waals surface area contributed by atoms with Crippen molar-refractivity contribution < 1.29 is 9.32 Å². The van der Waals surface area contributed by atoms with E-state index in [9.17, 15) is 4.79 Å². The molecule has 3 heterocycles. The summed E-state index contributed by atoms with van der Waals surface area (Å²) in [6, 6.07) is 7.40. The van der Waals surface area contributed by atoms with E-state index in [4.69, 9.17) is 4.52 Å². The number of carbonyl (C=O) groups is 1. The normalized spacial score (nSPS) is 11.3. The third-order valence-electron chi connectivity index (χ3n) is 3.68. The van der Waals surface area contributed by atoms with E-state index in [1.54, 1.807) is 30.6 Å². The maximum Gasteiger partial charge on any atom is 0.187 e. The molecule has 116 valence electrons. The van der Waals surface area contributed by atoms with E-state index < -0.39 is 0 Å². The monoisotopic (exact) mass is 307 g/mol. The van der Waals surface area contributed by atoms with Crippen LogP contribution >= 0.6 is 0 Å². The van der Waals surface area contributed by atoms with Gasteiger partial charge < -0.3 is 4.52 Å². The Morgan fingerprint density at radius 2 is 2.09 bits per heavy atom. The number of hydrogen-bond acceptors (Lipinski definition) is 4. The van der Waals surface area contributed by atoms with Crippen LogP contribution in [0.3, 0.4) is 0 Å². The van der Waals surface area contributed by atoms with Crippen molar-refractivity contribution in [3.05, 3.63) is 71.0 Å². The summed E-state index contributed by atoms with van der Waals surface area (Å²) in [5, 5.41) is 4.05. The molecule has 0 bridgehead atoms. The van der Waals surface area contributed by atoms with Crippen molar-refractivity contribution in [2.24, 2.45) is 0 Å². The summed E-state index contributed by atoms with van der Waals surface area (Å²) in [6.07, 6.45) is 6.60. The maximum absolute atomic E-state index is 12.1. The highest BCUT2D eigenvalue weighted by Gasteiger charge is 2.12. The van der Waals surface area contributed by atoms with Gasteiger partial charge in [-0.25, -0.2) is 0 Å². The number of pyridine rings is 1. The first kappa shape index (κ1) is 15.0. The van der Waals surface area contributed by atoms with Gasteiger partial charge in [0.15, 0.2) is 11.6 Å². The van der Waals surface area contributed by atoms with E-state index in [0.29, 0.717) is 5.56 Å². The minimum absolute atomic E-state index is 0.0693. The van der Waals surface area contributed by atoms with Gasteiger partial charge in [-0.3, -0.25) is 14.3 Å². The van der Waals surface area contributed by atoms with Crippen LogP contribution < -0.4 is 0 Å². The molecule has 0 saturated carbocycles. The Balaban J connectivity index is 1.90. The largest absolute Gasteiger partial charge is 0.360 e. The summed E-state index contributed by atoms with van der Waals surface area (Å²) in [5.74, 6) is 1.44. The Morgan fingerprint density at radius 1 is 1.26 bits per heavy atom. The number of allylic oxidation sites excluding steroid dienone is 1. The smallest absolute Gasteiger partial charge is 0.187 e. The predicted octanol–water partition coefficient (Wildman–Crippen LogP) is 3.68. The summed E-state index contributed by atoms with van der Waals surface area (Å²) in [4.78, 5) is 16.1. The summed E-state index contributed by atoms with van der Waals surface area (Å²) in [6.45, 7) is 5.85. The Kier molecular flexibility index (Phi) is 3.93. The first-order valence-electron chi connectivity index (χ1n) is 7.31. The minimum Gasteiger partial charge on any atom is -0.360 e. The Morgan fingerprint density at radius 3 is 2.74 bits per heavy atom. The van der Waals surface area contributed by atoms with Crippen LogP contribution in [-0.2, 0) is 0 Å². The molecule has 0 N–H and O–H groups in total. The molecule has 0 spiro atoms. The molecule has 0 fully saturated rings. The molecule has 3 aromatic heterocycles. The van der Waals surface area contributed by atoms with Crippen molar-refractivity contribution in [2.75, 3.05) is 0 Å².